The number of rotatable bonds is 1. The van der Waals surface area contributed by atoms with Crippen LogP contribution in [0.4, 0.5) is 5.82 Å². The Morgan fingerprint density at radius 3 is 2.94 bits per heavy atom. The molecule has 0 saturated heterocycles. The molecule has 2 heterocycles. The van der Waals surface area contributed by atoms with Crippen LogP contribution in [0.3, 0.4) is 0 Å². The summed E-state index contributed by atoms with van der Waals surface area (Å²) in [6.07, 6.45) is 4.88. The molecular weight excluding hydrogens is 202 g/mol. The van der Waals surface area contributed by atoms with Crippen molar-refractivity contribution in [3.63, 3.8) is 0 Å². The third-order valence-electron chi connectivity index (χ3n) is 3.02. The van der Waals surface area contributed by atoms with Gasteiger partial charge in [0.05, 0.1) is 0 Å². The highest BCUT2D eigenvalue weighted by Gasteiger charge is 2.19. The average molecular weight is 215 g/mol. The number of aryl methyl sites for hydroxylation is 2. The lowest BCUT2D eigenvalue weighted by molar-refractivity contribution is 0.769. The van der Waals surface area contributed by atoms with Gasteiger partial charge in [0.15, 0.2) is 5.82 Å². The summed E-state index contributed by atoms with van der Waals surface area (Å²) in [5.41, 5.74) is 9.08. The van der Waals surface area contributed by atoms with Gasteiger partial charge in [0.25, 0.3) is 0 Å². The smallest absolute Gasteiger partial charge is 0.180 e. The van der Waals surface area contributed by atoms with E-state index < -0.39 is 0 Å². The Balaban J connectivity index is 2.17. The van der Waals surface area contributed by atoms with Crippen molar-refractivity contribution in [1.82, 2.24) is 19.7 Å². The zero-order valence-electron chi connectivity index (χ0n) is 9.14. The number of nitrogen functional groups attached to an aromatic ring is 1. The highest BCUT2D eigenvalue weighted by molar-refractivity contribution is 5.56. The van der Waals surface area contributed by atoms with Crippen LogP contribution in [0.25, 0.3) is 11.5 Å². The molecule has 0 fully saturated rings. The van der Waals surface area contributed by atoms with E-state index in [0.29, 0.717) is 11.6 Å². The lowest BCUT2D eigenvalue weighted by atomic mass is 10.2. The highest BCUT2D eigenvalue weighted by atomic mass is 15.3. The van der Waals surface area contributed by atoms with Gasteiger partial charge < -0.3 is 5.73 Å². The van der Waals surface area contributed by atoms with Crippen LogP contribution >= 0.6 is 0 Å². The first-order valence-electron chi connectivity index (χ1n) is 5.39. The second-order valence-corrected chi connectivity index (χ2v) is 4.05. The summed E-state index contributed by atoms with van der Waals surface area (Å²) < 4.78 is 1.76. The summed E-state index contributed by atoms with van der Waals surface area (Å²) >= 11 is 0. The molecule has 3 rings (SSSR count). The Morgan fingerprint density at radius 2 is 2.19 bits per heavy atom. The summed E-state index contributed by atoms with van der Waals surface area (Å²) in [5.74, 6) is 1.30. The van der Waals surface area contributed by atoms with Crippen LogP contribution in [0.1, 0.15) is 17.7 Å². The molecule has 0 saturated carbocycles. The molecule has 0 unspecified atom stereocenters. The van der Waals surface area contributed by atoms with Crippen LogP contribution in [0.15, 0.2) is 12.3 Å². The molecule has 2 N–H and O–H groups in total. The standard InChI is InChI=1S/C11H13N5/c1-16-9(5-6-13-16)11-14-8-4-2-3-7(8)10(12)15-11/h5-6H,2-4H2,1H3,(H2,12,14,15). The fourth-order valence-electron chi connectivity index (χ4n) is 2.17. The maximum atomic E-state index is 5.95. The van der Waals surface area contributed by atoms with E-state index in [1.807, 2.05) is 13.1 Å². The van der Waals surface area contributed by atoms with E-state index in [2.05, 4.69) is 15.1 Å². The first-order valence-corrected chi connectivity index (χ1v) is 5.39. The van der Waals surface area contributed by atoms with Crippen LogP contribution in [0.2, 0.25) is 0 Å². The molecule has 0 aromatic carbocycles. The molecule has 5 nitrogen and oxygen atoms in total. The van der Waals surface area contributed by atoms with Gasteiger partial charge in [-0.2, -0.15) is 5.10 Å². The van der Waals surface area contributed by atoms with Crippen molar-refractivity contribution in [2.24, 2.45) is 7.05 Å². The lowest BCUT2D eigenvalue weighted by Gasteiger charge is -2.06. The van der Waals surface area contributed by atoms with E-state index in [0.717, 1.165) is 36.2 Å². The molecule has 1 aliphatic carbocycles. The molecule has 0 radical (unpaired) electrons. The number of hydrogen-bond donors (Lipinski definition) is 1. The average Bonchev–Trinajstić information content (AvgIpc) is 2.85. The quantitative estimate of drug-likeness (QED) is 0.768. The van der Waals surface area contributed by atoms with E-state index in [9.17, 15) is 0 Å². The van der Waals surface area contributed by atoms with Crippen molar-refractivity contribution in [3.05, 3.63) is 23.5 Å². The van der Waals surface area contributed by atoms with Gasteiger partial charge in [-0.1, -0.05) is 0 Å². The second-order valence-electron chi connectivity index (χ2n) is 4.05. The zero-order valence-corrected chi connectivity index (χ0v) is 9.14. The van der Waals surface area contributed by atoms with Crippen LogP contribution in [-0.2, 0) is 19.9 Å². The normalized spacial score (nSPS) is 14.1. The minimum atomic E-state index is 0.624. The monoisotopic (exact) mass is 215 g/mol. The second kappa shape index (κ2) is 3.30. The maximum absolute atomic E-state index is 5.95. The predicted molar refractivity (Wildman–Crippen MR) is 60.7 cm³/mol. The molecule has 0 atom stereocenters. The van der Waals surface area contributed by atoms with Gasteiger partial charge >= 0.3 is 0 Å². The van der Waals surface area contributed by atoms with Crippen molar-refractivity contribution in [2.45, 2.75) is 19.3 Å². The minimum absolute atomic E-state index is 0.624. The lowest BCUT2D eigenvalue weighted by Crippen LogP contribution is -2.05. The van der Waals surface area contributed by atoms with E-state index in [4.69, 9.17) is 5.73 Å². The summed E-state index contributed by atoms with van der Waals surface area (Å²) in [5, 5.41) is 4.11. The van der Waals surface area contributed by atoms with Crippen LogP contribution in [0, 0.1) is 0 Å². The van der Waals surface area contributed by atoms with Crippen molar-refractivity contribution in [2.75, 3.05) is 5.73 Å². The molecule has 0 bridgehead atoms. The zero-order chi connectivity index (χ0) is 11.1. The molecule has 1 aliphatic rings. The van der Waals surface area contributed by atoms with E-state index in [1.54, 1.807) is 10.9 Å². The fraction of sp³-hybridized carbons (Fsp3) is 0.364. The minimum Gasteiger partial charge on any atom is -0.383 e. The Kier molecular flexibility index (Phi) is 1.92. The number of nitrogens with two attached hydrogens (primary N) is 1. The van der Waals surface area contributed by atoms with Crippen LogP contribution in [0.5, 0.6) is 0 Å². The molecule has 0 aliphatic heterocycles. The van der Waals surface area contributed by atoms with Crippen molar-refractivity contribution >= 4 is 5.82 Å². The topological polar surface area (TPSA) is 69.6 Å². The van der Waals surface area contributed by atoms with E-state index in [1.165, 1.54) is 0 Å². The fourth-order valence-corrected chi connectivity index (χ4v) is 2.17. The molecule has 0 spiro atoms. The number of hydrogen-bond acceptors (Lipinski definition) is 4. The number of anilines is 1. The molecule has 82 valence electrons. The summed E-state index contributed by atoms with van der Waals surface area (Å²) in [7, 11) is 1.88. The van der Waals surface area contributed by atoms with Gasteiger partial charge in [-0.15, -0.1) is 0 Å². The van der Waals surface area contributed by atoms with Gasteiger partial charge in [-0.3, -0.25) is 4.68 Å². The van der Waals surface area contributed by atoms with E-state index in [-0.39, 0.29) is 0 Å². The van der Waals surface area contributed by atoms with Gasteiger partial charge in [0.2, 0.25) is 0 Å². The van der Waals surface area contributed by atoms with Crippen LogP contribution in [-0.4, -0.2) is 19.7 Å². The predicted octanol–water partition coefficient (Wildman–Crippen LogP) is 0.948. The first-order chi connectivity index (χ1) is 7.75. The van der Waals surface area contributed by atoms with Gasteiger partial charge in [0, 0.05) is 24.5 Å². The van der Waals surface area contributed by atoms with Crippen molar-refractivity contribution < 1.29 is 0 Å². The highest BCUT2D eigenvalue weighted by Crippen LogP contribution is 2.26. The largest absolute Gasteiger partial charge is 0.383 e. The van der Waals surface area contributed by atoms with Crippen LogP contribution < -0.4 is 5.73 Å². The Morgan fingerprint density at radius 1 is 1.31 bits per heavy atom. The van der Waals surface area contributed by atoms with Gasteiger partial charge in [0.1, 0.15) is 11.5 Å². The third kappa shape index (κ3) is 1.28. The summed E-state index contributed by atoms with van der Waals surface area (Å²) in [6.45, 7) is 0. The summed E-state index contributed by atoms with van der Waals surface area (Å²) in [6, 6.07) is 1.90. The molecule has 5 heteroatoms. The SMILES string of the molecule is Cn1nccc1-c1nc(N)c2c(n1)CCC2. The van der Waals surface area contributed by atoms with Gasteiger partial charge in [-0.05, 0) is 25.3 Å². The van der Waals surface area contributed by atoms with Crippen molar-refractivity contribution in [1.29, 1.82) is 0 Å². The molecule has 2 aromatic heterocycles. The third-order valence-corrected chi connectivity index (χ3v) is 3.02. The molecular formula is C11H13N5. The maximum Gasteiger partial charge on any atom is 0.180 e. The number of fused-ring (bicyclic) bond motifs is 1. The number of aromatic nitrogens is 4. The first kappa shape index (κ1) is 9.33. The Labute approximate surface area is 93.3 Å². The molecule has 16 heavy (non-hydrogen) atoms. The summed E-state index contributed by atoms with van der Waals surface area (Å²) in [4.78, 5) is 8.92. The Bertz CT molecular complexity index is 543. The molecule has 2 aromatic rings. The van der Waals surface area contributed by atoms with Gasteiger partial charge in [-0.25, -0.2) is 9.97 Å². The number of nitrogens with zero attached hydrogens (tertiary/aromatic N) is 4. The molecule has 0 amide bonds. The Hall–Kier alpha value is -1.91. The van der Waals surface area contributed by atoms with Crippen molar-refractivity contribution in [3.8, 4) is 11.5 Å². The van der Waals surface area contributed by atoms with E-state index >= 15 is 0 Å².